The van der Waals surface area contributed by atoms with Crippen LogP contribution in [0.4, 0.5) is 0 Å². The first kappa shape index (κ1) is 9.45. The quantitative estimate of drug-likeness (QED) is 0.599. The summed E-state index contributed by atoms with van der Waals surface area (Å²) in [5, 5.41) is 8.46. The third-order valence-corrected chi connectivity index (χ3v) is 1.15. The van der Waals surface area contributed by atoms with Crippen LogP contribution in [-0.2, 0) is 4.74 Å². The Balaban J connectivity index is 3.38. The van der Waals surface area contributed by atoms with Gasteiger partial charge in [0, 0.05) is 0 Å². The molecule has 0 saturated carbocycles. The number of nitrogens with zero attached hydrogens (tertiary/aromatic N) is 1. The predicted molar refractivity (Wildman–Crippen MR) is 40.5 cm³/mol. The summed E-state index contributed by atoms with van der Waals surface area (Å²) >= 11 is 0. The monoisotopic (exact) mass is 141 g/mol. The van der Waals surface area contributed by atoms with Gasteiger partial charge in [0.1, 0.15) is 6.10 Å². The number of ether oxygens (including phenoxy) is 1. The van der Waals surface area contributed by atoms with E-state index in [1.54, 1.807) is 0 Å². The van der Waals surface area contributed by atoms with Crippen molar-refractivity contribution in [3.63, 3.8) is 0 Å². The highest BCUT2D eigenvalue weighted by molar-refractivity contribution is 4.82. The van der Waals surface area contributed by atoms with Crippen molar-refractivity contribution in [3.05, 3.63) is 0 Å². The van der Waals surface area contributed by atoms with Gasteiger partial charge in [-0.2, -0.15) is 5.26 Å². The summed E-state index contributed by atoms with van der Waals surface area (Å²) in [6.07, 6.45) is 0.575. The predicted octanol–water partition coefficient (Wildman–Crippen LogP) is 1.96. The summed E-state index contributed by atoms with van der Waals surface area (Å²) in [6, 6.07) is 2.08. The zero-order valence-electron chi connectivity index (χ0n) is 6.92. The van der Waals surface area contributed by atoms with E-state index in [0.29, 0.717) is 12.5 Å². The van der Waals surface area contributed by atoms with Gasteiger partial charge in [-0.1, -0.05) is 20.8 Å². The van der Waals surface area contributed by atoms with Crippen LogP contribution in [0.1, 0.15) is 27.2 Å². The van der Waals surface area contributed by atoms with Crippen molar-refractivity contribution in [2.24, 2.45) is 5.92 Å². The molecule has 0 amide bonds. The molecule has 2 heteroatoms. The summed E-state index contributed by atoms with van der Waals surface area (Å²) in [7, 11) is 0. The smallest absolute Gasteiger partial charge is 0.143 e. The number of hydrogen-bond acceptors (Lipinski definition) is 2. The molecule has 1 atom stereocenters. The Kier molecular flexibility index (Phi) is 4.96. The maximum Gasteiger partial charge on any atom is 0.143 e. The lowest BCUT2D eigenvalue weighted by molar-refractivity contribution is 0.0675. The van der Waals surface area contributed by atoms with Crippen molar-refractivity contribution in [3.8, 4) is 6.07 Å². The summed E-state index contributed by atoms with van der Waals surface area (Å²) in [4.78, 5) is 0. The molecule has 0 saturated heterocycles. The van der Waals surface area contributed by atoms with Crippen molar-refractivity contribution in [2.45, 2.75) is 33.3 Å². The van der Waals surface area contributed by atoms with E-state index < -0.39 is 0 Å². The maximum atomic E-state index is 8.46. The Labute approximate surface area is 62.8 Å². The third-order valence-electron chi connectivity index (χ3n) is 1.15. The average molecular weight is 141 g/mol. The molecule has 0 fully saturated rings. The Morgan fingerprint density at radius 1 is 1.50 bits per heavy atom. The van der Waals surface area contributed by atoms with Crippen LogP contribution in [-0.4, -0.2) is 12.7 Å². The molecular weight excluding hydrogens is 126 g/mol. The van der Waals surface area contributed by atoms with E-state index in [-0.39, 0.29) is 6.10 Å². The van der Waals surface area contributed by atoms with Gasteiger partial charge in [0.2, 0.25) is 0 Å². The SMILES string of the molecule is CCC(C#N)OCC(C)C. The Morgan fingerprint density at radius 3 is 2.40 bits per heavy atom. The molecule has 0 aromatic heterocycles. The molecule has 0 heterocycles. The topological polar surface area (TPSA) is 33.0 Å². The largest absolute Gasteiger partial charge is 0.363 e. The van der Waals surface area contributed by atoms with Gasteiger partial charge in [0.05, 0.1) is 12.7 Å². The van der Waals surface area contributed by atoms with Gasteiger partial charge in [-0.15, -0.1) is 0 Å². The van der Waals surface area contributed by atoms with Crippen molar-refractivity contribution >= 4 is 0 Å². The van der Waals surface area contributed by atoms with Crippen molar-refractivity contribution < 1.29 is 4.74 Å². The number of nitriles is 1. The van der Waals surface area contributed by atoms with Crippen LogP contribution < -0.4 is 0 Å². The summed E-state index contributed by atoms with van der Waals surface area (Å²) < 4.78 is 5.24. The fourth-order valence-corrected chi connectivity index (χ4v) is 0.555. The molecule has 0 aliphatic rings. The molecule has 58 valence electrons. The molecule has 0 aromatic rings. The van der Waals surface area contributed by atoms with E-state index in [9.17, 15) is 0 Å². The highest BCUT2D eigenvalue weighted by Gasteiger charge is 2.03. The maximum absolute atomic E-state index is 8.46. The highest BCUT2D eigenvalue weighted by Crippen LogP contribution is 2.00. The lowest BCUT2D eigenvalue weighted by Crippen LogP contribution is -2.12. The van der Waals surface area contributed by atoms with Crippen LogP contribution in [0.2, 0.25) is 0 Å². The summed E-state index contributed by atoms with van der Waals surface area (Å²) in [6.45, 7) is 6.79. The van der Waals surface area contributed by atoms with E-state index in [1.807, 2.05) is 6.92 Å². The number of rotatable bonds is 4. The lowest BCUT2D eigenvalue weighted by Gasteiger charge is -2.09. The van der Waals surface area contributed by atoms with Crippen LogP contribution in [0.3, 0.4) is 0 Å². The molecule has 0 aliphatic heterocycles. The second-order valence-electron chi connectivity index (χ2n) is 2.75. The standard InChI is InChI=1S/C8H15NO/c1-4-8(5-9)10-6-7(2)3/h7-8H,4,6H2,1-3H3. The van der Waals surface area contributed by atoms with Gasteiger partial charge in [0.15, 0.2) is 0 Å². The number of hydrogen-bond donors (Lipinski definition) is 0. The first-order chi connectivity index (χ1) is 4.70. The van der Waals surface area contributed by atoms with Gasteiger partial charge < -0.3 is 4.74 Å². The van der Waals surface area contributed by atoms with E-state index >= 15 is 0 Å². The fraction of sp³-hybridized carbons (Fsp3) is 0.875. The van der Waals surface area contributed by atoms with Gasteiger partial charge >= 0.3 is 0 Å². The minimum atomic E-state index is -0.206. The normalized spacial score (nSPS) is 13.1. The molecule has 10 heavy (non-hydrogen) atoms. The van der Waals surface area contributed by atoms with E-state index in [1.165, 1.54) is 0 Å². The van der Waals surface area contributed by atoms with Crippen LogP contribution in [0, 0.1) is 17.2 Å². The lowest BCUT2D eigenvalue weighted by atomic mass is 10.2. The van der Waals surface area contributed by atoms with Gasteiger partial charge in [-0.25, -0.2) is 0 Å². The van der Waals surface area contributed by atoms with Gasteiger partial charge in [-0.05, 0) is 12.3 Å². The van der Waals surface area contributed by atoms with Crippen molar-refractivity contribution in [1.82, 2.24) is 0 Å². The van der Waals surface area contributed by atoms with Crippen molar-refractivity contribution in [1.29, 1.82) is 5.26 Å². The average Bonchev–Trinajstić information content (AvgIpc) is 1.90. The minimum absolute atomic E-state index is 0.206. The fourth-order valence-electron chi connectivity index (χ4n) is 0.555. The first-order valence-corrected chi connectivity index (χ1v) is 3.71. The summed E-state index contributed by atoms with van der Waals surface area (Å²) in [5.41, 5.74) is 0. The molecule has 0 bridgehead atoms. The molecule has 0 rings (SSSR count). The van der Waals surface area contributed by atoms with E-state index in [2.05, 4.69) is 19.9 Å². The Hall–Kier alpha value is -0.550. The van der Waals surface area contributed by atoms with E-state index in [0.717, 1.165) is 6.42 Å². The van der Waals surface area contributed by atoms with Crippen LogP contribution >= 0.6 is 0 Å². The van der Waals surface area contributed by atoms with Crippen LogP contribution in [0.5, 0.6) is 0 Å². The third kappa shape index (κ3) is 4.34. The molecule has 0 aliphatic carbocycles. The minimum Gasteiger partial charge on any atom is -0.363 e. The molecule has 0 radical (unpaired) electrons. The van der Waals surface area contributed by atoms with Gasteiger partial charge in [0.25, 0.3) is 0 Å². The summed E-state index contributed by atoms with van der Waals surface area (Å²) in [5.74, 6) is 0.516. The Bertz CT molecular complexity index is 115. The van der Waals surface area contributed by atoms with Crippen molar-refractivity contribution in [2.75, 3.05) is 6.61 Å². The van der Waals surface area contributed by atoms with Crippen LogP contribution in [0.25, 0.3) is 0 Å². The van der Waals surface area contributed by atoms with Crippen LogP contribution in [0.15, 0.2) is 0 Å². The Morgan fingerprint density at radius 2 is 2.10 bits per heavy atom. The molecule has 0 aromatic carbocycles. The molecule has 2 nitrogen and oxygen atoms in total. The second-order valence-corrected chi connectivity index (χ2v) is 2.75. The molecular formula is C8H15NO. The zero-order valence-corrected chi connectivity index (χ0v) is 6.92. The second kappa shape index (κ2) is 5.25. The molecule has 0 N–H and O–H groups in total. The van der Waals surface area contributed by atoms with E-state index in [4.69, 9.17) is 10.00 Å². The zero-order chi connectivity index (χ0) is 7.98. The molecule has 1 unspecified atom stereocenters. The van der Waals surface area contributed by atoms with Gasteiger partial charge in [-0.3, -0.25) is 0 Å². The highest BCUT2D eigenvalue weighted by atomic mass is 16.5. The first-order valence-electron chi connectivity index (χ1n) is 3.71. The molecule has 0 spiro atoms.